The Bertz CT molecular complexity index is 1490. The molecule has 40 heavy (non-hydrogen) atoms. The number of hydrogen-bond donors (Lipinski definition) is 4. The lowest BCUT2D eigenvalue weighted by Crippen LogP contribution is -2.42. The van der Waals surface area contributed by atoms with Crippen LogP contribution >= 0.6 is 0 Å². The van der Waals surface area contributed by atoms with Gasteiger partial charge in [-0.05, 0) is 92.5 Å². The number of rotatable bonds is 9. The van der Waals surface area contributed by atoms with Crippen molar-refractivity contribution < 1.29 is 23.1 Å². The molecule has 4 N–H and O–H groups in total. The largest absolute Gasteiger partial charge is 0.480 e. The molecule has 1 aliphatic carbocycles. The first-order chi connectivity index (χ1) is 18.9. The maximum absolute atomic E-state index is 13.2. The maximum atomic E-state index is 13.2. The van der Waals surface area contributed by atoms with Crippen LogP contribution in [0.25, 0.3) is 11.1 Å². The second kappa shape index (κ2) is 12.2. The molecule has 0 bridgehead atoms. The maximum Gasteiger partial charge on any atom is 0.322 e. The lowest BCUT2D eigenvalue weighted by atomic mass is 9.97. The Morgan fingerprint density at radius 2 is 1.52 bits per heavy atom. The van der Waals surface area contributed by atoms with E-state index < -0.39 is 22.0 Å². The predicted octanol–water partition coefficient (Wildman–Crippen LogP) is 5.63. The SMILES string of the molecule is Cc1cc(C)c(S(=O)(=O)NC(Cc2ccc(-c3cc(NC(=O)NC4CCCC4)ccc3C)cc2)C(=O)O)c(C)c1. The van der Waals surface area contributed by atoms with Gasteiger partial charge in [0.2, 0.25) is 10.0 Å². The van der Waals surface area contributed by atoms with Crippen molar-refractivity contribution in [2.45, 2.75) is 76.8 Å². The second-order valence-corrected chi connectivity index (χ2v) is 12.4. The normalized spacial score (nSPS) is 14.6. The van der Waals surface area contributed by atoms with E-state index in [1.54, 1.807) is 38.1 Å². The zero-order chi connectivity index (χ0) is 29.0. The van der Waals surface area contributed by atoms with Crippen molar-refractivity contribution in [1.82, 2.24) is 10.0 Å². The second-order valence-electron chi connectivity index (χ2n) is 10.8. The number of carbonyl (C=O) groups excluding carboxylic acids is 1. The van der Waals surface area contributed by atoms with Gasteiger partial charge in [-0.2, -0.15) is 4.72 Å². The molecule has 1 saturated carbocycles. The molecule has 1 unspecified atom stereocenters. The third kappa shape index (κ3) is 7.08. The molecule has 1 aliphatic rings. The highest BCUT2D eigenvalue weighted by atomic mass is 32.2. The van der Waals surface area contributed by atoms with Gasteiger partial charge in [-0.25, -0.2) is 13.2 Å². The minimum atomic E-state index is -4.05. The molecule has 0 spiro atoms. The van der Waals surface area contributed by atoms with E-state index in [9.17, 15) is 23.1 Å². The van der Waals surface area contributed by atoms with Crippen molar-refractivity contribution in [1.29, 1.82) is 0 Å². The first-order valence-corrected chi connectivity index (χ1v) is 15.0. The molecule has 212 valence electrons. The van der Waals surface area contributed by atoms with E-state index in [1.165, 1.54) is 0 Å². The van der Waals surface area contributed by atoms with E-state index >= 15 is 0 Å². The summed E-state index contributed by atoms with van der Waals surface area (Å²) >= 11 is 0. The average Bonchev–Trinajstić information content (AvgIpc) is 3.37. The van der Waals surface area contributed by atoms with Crippen LogP contribution in [0, 0.1) is 27.7 Å². The Morgan fingerprint density at radius 1 is 0.900 bits per heavy atom. The molecule has 9 heteroatoms. The van der Waals surface area contributed by atoms with Crippen LogP contribution in [0.1, 0.15) is 53.5 Å². The molecule has 8 nitrogen and oxygen atoms in total. The van der Waals surface area contributed by atoms with E-state index in [1.807, 2.05) is 44.2 Å². The number of aliphatic carboxylic acids is 1. The number of anilines is 1. The molecule has 0 aromatic heterocycles. The van der Waals surface area contributed by atoms with Gasteiger partial charge >= 0.3 is 12.0 Å². The summed E-state index contributed by atoms with van der Waals surface area (Å²) in [5.74, 6) is -1.25. The average molecular weight is 564 g/mol. The van der Waals surface area contributed by atoms with Crippen molar-refractivity contribution in [3.8, 4) is 11.1 Å². The highest BCUT2D eigenvalue weighted by Crippen LogP contribution is 2.28. The highest BCUT2D eigenvalue weighted by Gasteiger charge is 2.28. The minimum Gasteiger partial charge on any atom is -0.480 e. The van der Waals surface area contributed by atoms with Gasteiger partial charge in [0.15, 0.2) is 0 Å². The third-order valence-corrected chi connectivity index (χ3v) is 9.14. The number of urea groups is 1. The molecule has 1 fully saturated rings. The van der Waals surface area contributed by atoms with Crippen LogP contribution in [0.15, 0.2) is 59.5 Å². The van der Waals surface area contributed by atoms with Crippen LogP contribution in [-0.2, 0) is 21.2 Å². The Balaban J connectivity index is 1.48. The molecule has 0 radical (unpaired) electrons. The van der Waals surface area contributed by atoms with E-state index in [2.05, 4.69) is 15.4 Å². The van der Waals surface area contributed by atoms with Crippen molar-refractivity contribution in [2.75, 3.05) is 5.32 Å². The van der Waals surface area contributed by atoms with Gasteiger partial charge in [0.25, 0.3) is 0 Å². The molecule has 2 amide bonds. The van der Waals surface area contributed by atoms with Crippen LogP contribution in [0.4, 0.5) is 10.5 Å². The fraction of sp³-hybridized carbons (Fsp3) is 0.355. The molecule has 0 heterocycles. The number of amides is 2. The van der Waals surface area contributed by atoms with Gasteiger partial charge < -0.3 is 15.7 Å². The number of benzene rings is 3. The summed E-state index contributed by atoms with van der Waals surface area (Å²) in [6.07, 6.45) is 4.28. The molecule has 1 atom stereocenters. The van der Waals surface area contributed by atoms with Crippen LogP contribution < -0.4 is 15.4 Å². The highest BCUT2D eigenvalue weighted by molar-refractivity contribution is 7.89. The number of carboxylic acids is 1. The summed E-state index contributed by atoms with van der Waals surface area (Å²) in [6, 6.07) is 15.3. The van der Waals surface area contributed by atoms with Crippen LogP contribution in [-0.4, -0.2) is 37.6 Å². The standard InChI is InChI=1S/C31H37N3O5S/c1-19-15-21(3)29(22(4)16-19)40(38,39)34-28(30(35)36)17-23-10-12-24(13-11-23)27-18-26(14-9-20(27)2)33-31(37)32-25-7-5-6-8-25/h9-16,18,25,28,34H,5-8,17H2,1-4H3,(H,35,36)(H2,32,33,37). The number of carboxylic acid groups (broad SMARTS) is 1. The molecular weight excluding hydrogens is 526 g/mol. The molecule has 0 aliphatic heterocycles. The smallest absolute Gasteiger partial charge is 0.322 e. The number of carbonyl (C=O) groups is 2. The summed E-state index contributed by atoms with van der Waals surface area (Å²) in [5.41, 5.74) is 6.30. The van der Waals surface area contributed by atoms with Crippen molar-refractivity contribution in [3.63, 3.8) is 0 Å². The van der Waals surface area contributed by atoms with Gasteiger partial charge in [0.1, 0.15) is 6.04 Å². The predicted molar refractivity (Wildman–Crippen MR) is 157 cm³/mol. The summed E-state index contributed by atoms with van der Waals surface area (Å²) in [4.78, 5) is 24.6. The Morgan fingerprint density at radius 3 is 2.12 bits per heavy atom. The summed E-state index contributed by atoms with van der Waals surface area (Å²) in [7, 11) is -4.05. The van der Waals surface area contributed by atoms with Gasteiger partial charge in [-0.15, -0.1) is 0 Å². The van der Waals surface area contributed by atoms with E-state index in [4.69, 9.17) is 0 Å². The fourth-order valence-electron chi connectivity index (χ4n) is 5.51. The zero-order valence-corrected chi connectivity index (χ0v) is 24.2. The lowest BCUT2D eigenvalue weighted by molar-refractivity contribution is -0.138. The van der Waals surface area contributed by atoms with Crippen molar-refractivity contribution in [3.05, 3.63) is 82.4 Å². The molecular formula is C31H37N3O5S. The van der Waals surface area contributed by atoms with Crippen molar-refractivity contribution in [2.24, 2.45) is 0 Å². The topological polar surface area (TPSA) is 125 Å². The van der Waals surface area contributed by atoms with Gasteiger partial charge in [0.05, 0.1) is 4.90 Å². The van der Waals surface area contributed by atoms with E-state index in [-0.39, 0.29) is 23.4 Å². The van der Waals surface area contributed by atoms with E-state index in [0.29, 0.717) is 22.4 Å². The number of nitrogens with one attached hydrogen (secondary N) is 3. The number of sulfonamides is 1. The number of hydrogen-bond acceptors (Lipinski definition) is 4. The lowest BCUT2D eigenvalue weighted by Gasteiger charge is -2.18. The zero-order valence-electron chi connectivity index (χ0n) is 23.4. The molecule has 3 aromatic carbocycles. The van der Waals surface area contributed by atoms with Crippen molar-refractivity contribution >= 4 is 27.7 Å². The van der Waals surface area contributed by atoms with E-state index in [0.717, 1.165) is 47.9 Å². The first-order valence-electron chi connectivity index (χ1n) is 13.5. The monoisotopic (exact) mass is 563 g/mol. The van der Waals surface area contributed by atoms with Gasteiger partial charge in [0, 0.05) is 11.7 Å². The van der Waals surface area contributed by atoms with Crippen LogP contribution in [0.5, 0.6) is 0 Å². The Labute approximate surface area is 236 Å². The van der Waals surface area contributed by atoms with Crippen LogP contribution in [0.2, 0.25) is 0 Å². The molecule has 4 rings (SSSR count). The Kier molecular flexibility index (Phi) is 8.95. The first kappa shape index (κ1) is 29.3. The molecule has 3 aromatic rings. The summed E-state index contributed by atoms with van der Waals surface area (Å²) < 4.78 is 28.7. The fourth-order valence-corrected chi connectivity index (χ4v) is 7.15. The van der Waals surface area contributed by atoms with Gasteiger partial charge in [-0.3, -0.25) is 4.79 Å². The molecule has 0 saturated heterocycles. The van der Waals surface area contributed by atoms with Crippen LogP contribution in [0.3, 0.4) is 0 Å². The Hall–Kier alpha value is -3.69. The number of aryl methyl sites for hydroxylation is 4. The summed E-state index contributed by atoms with van der Waals surface area (Å²) in [6.45, 7) is 7.28. The summed E-state index contributed by atoms with van der Waals surface area (Å²) in [5, 5.41) is 15.8. The minimum absolute atomic E-state index is 0.0132. The third-order valence-electron chi connectivity index (χ3n) is 7.36. The quantitative estimate of drug-likeness (QED) is 0.269. The van der Waals surface area contributed by atoms with Gasteiger partial charge in [-0.1, -0.05) is 60.9 Å².